The summed E-state index contributed by atoms with van der Waals surface area (Å²) in [6.45, 7) is 2.09. The number of nitrogens with two attached hydrogens (primary N) is 2. The highest BCUT2D eigenvalue weighted by atomic mass is 16.1. The van der Waals surface area contributed by atoms with Gasteiger partial charge in [-0.1, -0.05) is 49.4 Å². The van der Waals surface area contributed by atoms with Crippen LogP contribution in [-0.2, 0) is 6.42 Å². The molecule has 2 heterocycles. The van der Waals surface area contributed by atoms with Gasteiger partial charge in [0.1, 0.15) is 0 Å². The maximum atomic E-state index is 11.6. The monoisotopic (exact) mass is 418 g/mol. The minimum absolute atomic E-state index is 0.325. The molecule has 156 valence electrons. The van der Waals surface area contributed by atoms with Gasteiger partial charge in [-0.25, -0.2) is 0 Å². The van der Waals surface area contributed by atoms with Crippen LogP contribution in [0.4, 0.5) is 5.69 Å². The number of aryl methyl sites for hydroxylation is 1. The van der Waals surface area contributed by atoms with Gasteiger partial charge in [-0.15, -0.1) is 0 Å². The second-order valence-corrected chi connectivity index (χ2v) is 7.80. The average Bonchev–Trinajstić information content (AvgIpc) is 2.82. The summed E-state index contributed by atoms with van der Waals surface area (Å²) in [7, 11) is 0. The lowest BCUT2D eigenvalue weighted by atomic mass is 9.94. The number of nitrogen functional groups attached to an aromatic ring is 1. The molecular weight excluding hydrogens is 396 g/mol. The molecule has 32 heavy (non-hydrogen) atoms. The maximum Gasteiger partial charge on any atom is 0.250 e. The number of aromatic nitrogens is 2. The minimum Gasteiger partial charge on any atom is -0.398 e. The van der Waals surface area contributed by atoms with Crippen LogP contribution in [0.3, 0.4) is 0 Å². The molecular formula is C27H22N4O. The highest BCUT2D eigenvalue weighted by molar-refractivity contribution is 6.04. The van der Waals surface area contributed by atoms with Crippen molar-refractivity contribution in [1.82, 2.24) is 9.97 Å². The molecule has 0 fully saturated rings. The number of benzene rings is 3. The van der Waals surface area contributed by atoms with E-state index in [1.165, 1.54) is 0 Å². The minimum atomic E-state index is -0.533. The molecule has 0 aliphatic rings. The van der Waals surface area contributed by atoms with Crippen LogP contribution in [0.15, 0.2) is 79.0 Å². The van der Waals surface area contributed by atoms with E-state index in [-0.39, 0.29) is 0 Å². The molecule has 4 N–H and O–H groups in total. The van der Waals surface area contributed by atoms with Crippen molar-refractivity contribution >= 4 is 33.4 Å². The number of anilines is 1. The molecule has 5 rings (SSSR count). The molecule has 5 nitrogen and oxygen atoms in total. The number of rotatable bonds is 4. The molecule has 0 saturated heterocycles. The van der Waals surface area contributed by atoms with E-state index in [0.717, 1.165) is 56.2 Å². The maximum absolute atomic E-state index is 11.6. The first-order valence-electron chi connectivity index (χ1n) is 10.5. The molecule has 0 atom stereocenters. The number of carbonyl (C=O) groups excluding carboxylic acids is 1. The summed E-state index contributed by atoms with van der Waals surface area (Å²) in [4.78, 5) is 21.2. The van der Waals surface area contributed by atoms with Gasteiger partial charge in [-0.05, 0) is 47.9 Å². The van der Waals surface area contributed by atoms with E-state index in [2.05, 4.69) is 42.2 Å². The summed E-state index contributed by atoms with van der Waals surface area (Å²) < 4.78 is 0. The molecule has 2 aromatic heterocycles. The van der Waals surface area contributed by atoms with Gasteiger partial charge in [0, 0.05) is 39.5 Å². The smallest absolute Gasteiger partial charge is 0.250 e. The van der Waals surface area contributed by atoms with Gasteiger partial charge in [-0.2, -0.15) is 0 Å². The second-order valence-electron chi connectivity index (χ2n) is 7.80. The van der Waals surface area contributed by atoms with E-state index < -0.39 is 5.91 Å². The van der Waals surface area contributed by atoms with Crippen LogP contribution in [0.2, 0.25) is 0 Å². The summed E-state index contributed by atoms with van der Waals surface area (Å²) >= 11 is 0. The van der Waals surface area contributed by atoms with Gasteiger partial charge in [0.15, 0.2) is 0 Å². The Labute approximate surface area is 185 Å². The number of primary amides is 1. The van der Waals surface area contributed by atoms with Gasteiger partial charge in [0.05, 0.1) is 16.6 Å². The van der Waals surface area contributed by atoms with Crippen LogP contribution >= 0.6 is 0 Å². The number of pyridine rings is 2. The lowest BCUT2D eigenvalue weighted by molar-refractivity contribution is 0.100. The van der Waals surface area contributed by atoms with Crippen molar-refractivity contribution in [2.75, 3.05) is 5.73 Å². The number of hydrogen-bond acceptors (Lipinski definition) is 4. The molecule has 0 bridgehead atoms. The average molecular weight is 419 g/mol. The summed E-state index contributed by atoms with van der Waals surface area (Å²) in [6.07, 6.45) is 2.69. The van der Waals surface area contributed by atoms with Gasteiger partial charge < -0.3 is 11.5 Å². The van der Waals surface area contributed by atoms with Gasteiger partial charge >= 0.3 is 0 Å². The third-order valence-corrected chi connectivity index (χ3v) is 5.78. The summed E-state index contributed by atoms with van der Waals surface area (Å²) in [6, 6.07) is 23.9. The topological polar surface area (TPSA) is 94.9 Å². The fraction of sp³-hybridized carbons (Fsp3) is 0.0741. The molecule has 0 saturated carbocycles. The van der Waals surface area contributed by atoms with Crippen molar-refractivity contribution < 1.29 is 4.79 Å². The van der Waals surface area contributed by atoms with Crippen molar-refractivity contribution in [2.45, 2.75) is 13.3 Å². The van der Waals surface area contributed by atoms with E-state index in [4.69, 9.17) is 16.5 Å². The Hall–Kier alpha value is -4.25. The Kier molecular flexibility index (Phi) is 4.79. The van der Waals surface area contributed by atoms with E-state index in [0.29, 0.717) is 11.3 Å². The van der Waals surface area contributed by atoms with E-state index in [9.17, 15) is 4.79 Å². The molecule has 3 aromatic carbocycles. The summed E-state index contributed by atoms with van der Waals surface area (Å²) in [5.41, 5.74) is 19.1. The first-order chi connectivity index (χ1) is 15.5. The van der Waals surface area contributed by atoms with E-state index in [1.807, 2.05) is 36.5 Å². The number of fused-ring (bicyclic) bond motifs is 2. The third-order valence-electron chi connectivity index (χ3n) is 5.78. The predicted octanol–water partition coefficient (Wildman–Crippen LogP) is 5.36. The Bertz CT molecular complexity index is 1510. The lowest BCUT2D eigenvalue weighted by Gasteiger charge is -2.14. The Morgan fingerprint density at radius 2 is 1.75 bits per heavy atom. The number of hydrogen-bond donors (Lipinski definition) is 2. The molecule has 0 radical (unpaired) electrons. The molecule has 0 unspecified atom stereocenters. The normalized spacial score (nSPS) is 11.2. The summed E-state index contributed by atoms with van der Waals surface area (Å²) in [5.74, 6) is -0.533. The molecule has 5 heteroatoms. The van der Waals surface area contributed by atoms with Crippen LogP contribution in [0.1, 0.15) is 23.0 Å². The zero-order valence-electron chi connectivity index (χ0n) is 17.7. The highest BCUT2D eigenvalue weighted by Crippen LogP contribution is 2.36. The van der Waals surface area contributed by atoms with Gasteiger partial charge in [0.2, 0.25) is 0 Å². The number of nitrogens with zero attached hydrogens (tertiary/aromatic N) is 2. The van der Waals surface area contributed by atoms with E-state index in [1.54, 1.807) is 12.1 Å². The second kappa shape index (κ2) is 7.78. The zero-order chi connectivity index (χ0) is 22.2. The van der Waals surface area contributed by atoms with Crippen molar-refractivity contribution in [3.8, 4) is 22.3 Å². The van der Waals surface area contributed by atoms with Crippen LogP contribution in [0, 0.1) is 0 Å². The molecule has 5 aromatic rings. The predicted molar refractivity (Wildman–Crippen MR) is 130 cm³/mol. The summed E-state index contributed by atoms with van der Waals surface area (Å²) in [5, 5.41) is 2.10. The van der Waals surface area contributed by atoms with Crippen molar-refractivity contribution in [3.05, 3.63) is 90.3 Å². The molecule has 1 amide bonds. The van der Waals surface area contributed by atoms with Crippen molar-refractivity contribution in [3.63, 3.8) is 0 Å². The largest absolute Gasteiger partial charge is 0.398 e. The first kappa shape index (κ1) is 19.7. The van der Waals surface area contributed by atoms with E-state index >= 15 is 0 Å². The standard InChI is InChI=1S/C27H22N4O/c1-2-19-14-23(16-10-11-22(27(29)32)24(28)13-16)21-8-5-7-20(26(21)31-19)18-12-17-6-3-4-9-25(17)30-15-18/h3-15H,2,28H2,1H3,(H2,29,32). The Morgan fingerprint density at radius 1 is 0.906 bits per heavy atom. The fourth-order valence-electron chi connectivity index (χ4n) is 4.13. The number of amides is 1. The van der Waals surface area contributed by atoms with Crippen molar-refractivity contribution in [2.24, 2.45) is 5.73 Å². The SMILES string of the molecule is CCc1cc(-c2ccc(C(N)=O)c(N)c2)c2cccc(-c3cnc4ccccc4c3)c2n1. The number of para-hydroxylation sites is 2. The molecule has 0 aliphatic heterocycles. The first-order valence-corrected chi connectivity index (χ1v) is 10.5. The van der Waals surface area contributed by atoms with Crippen LogP contribution in [0.5, 0.6) is 0 Å². The fourth-order valence-corrected chi connectivity index (χ4v) is 4.13. The highest BCUT2D eigenvalue weighted by Gasteiger charge is 2.14. The van der Waals surface area contributed by atoms with Gasteiger partial charge in [0.25, 0.3) is 5.91 Å². The molecule has 0 spiro atoms. The van der Waals surface area contributed by atoms with Crippen LogP contribution < -0.4 is 11.5 Å². The Morgan fingerprint density at radius 3 is 2.53 bits per heavy atom. The van der Waals surface area contributed by atoms with Gasteiger partial charge in [-0.3, -0.25) is 14.8 Å². The Balaban J connectivity index is 1.76. The lowest BCUT2D eigenvalue weighted by Crippen LogP contribution is -2.13. The third kappa shape index (κ3) is 3.34. The quantitative estimate of drug-likeness (QED) is 0.384. The van der Waals surface area contributed by atoms with Crippen LogP contribution in [-0.4, -0.2) is 15.9 Å². The van der Waals surface area contributed by atoms with Crippen molar-refractivity contribution in [1.29, 1.82) is 0 Å². The number of carbonyl (C=O) groups is 1. The van der Waals surface area contributed by atoms with Crippen LogP contribution in [0.25, 0.3) is 44.1 Å². The molecule has 0 aliphatic carbocycles. The zero-order valence-corrected chi connectivity index (χ0v) is 17.7.